The van der Waals surface area contributed by atoms with Crippen molar-refractivity contribution < 1.29 is 5.11 Å². The third-order valence-corrected chi connectivity index (χ3v) is 3.47. The van der Waals surface area contributed by atoms with E-state index in [0.29, 0.717) is 0 Å². The van der Waals surface area contributed by atoms with E-state index in [1.165, 1.54) is 5.56 Å². The molecule has 0 aliphatic rings. The summed E-state index contributed by atoms with van der Waals surface area (Å²) in [5, 5.41) is 10.4. The van der Waals surface area contributed by atoms with Gasteiger partial charge in [-0.05, 0) is 35.1 Å². The number of aliphatic hydroxyl groups excluding tert-OH is 1. The number of rotatable bonds is 2. The topological polar surface area (TPSA) is 33.1 Å². The van der Waals surface area contributed by atoms with Gasteiger partial charge < -0.3 is 5.11 Å². The molecule has 1 atom stereocenters. The maximum absolute atomic E-state index is 10.4. The lowest BCUT2D eigenvalue weighted by molar-refractivity contribution is 0.219. The third kappa shape index (κ3) is 3.02. The Morgan fingerprint density at radius 3 is 2.21 bits per heavy atom. The monoisotopic (exact) mass is 255 g/mol. The van der Waals surface area contributed by atoms with E-state index in [-0.39, 0.29) is 5.41 Å². The number of hydrogen-bond donors (Lipinski definition) is 1. The van der Waals surface area contributed by atoms with Gasteiger partial charge in [-0.3, -0.25) is 4.98 Å². The van der Waals surface area contributed by atoms with Crippen LogP contribution in [0.3, 0.4) is 0 Å². The molecular weight excluding hydrogens is 234 g/mol. The number of aromatic nitrogens is 1. The first-order valence-electron chi connectivity index (χ1n) is 6.58. The van der Waals surface area contributed by atoms with Crippen molar-refractivity contribution in [3.05, 3.63) is 65.0 Å². The third-order valence-electron chi connectivity index (χ3n) is 3.47. The highest BCUT2D eigenvalue weighted by atomic mass is 16.3. The van der Waals surface area contributed by atoms with Gasteiger partial charge in [-0.15, -0.1) is 0 Å². The van der Waals surface area contributed by atoms with Gasteiger partial charge in [0.05, 0.1) is 0 Å². The molecule has 1 aromatic heterocycles. The molecule has 2 heteroatoms. The first kappa shape index (κ1) is 13.8. The summed E-state index contributed by atoms with van der Waals surface area (Å²) in [5.41, 5.74) is 4.23. The minimum atomic E-state index is -0.609. The second kappa shape index (κ2) is 5.14. The Balaban J connectivity index is 2.31. The van der Waals surface area contributed by atoms with E-state index < -0.39 is 6.10 Å². The summed E-state index contributed by atoms with van der Waals surface area (Å²) >= 11 is 0. The summed E-state index contributed by atoms with van der Waals surface area (Å²) in [7, 11) is 0. The summed E-state index contributed by atoms with van der Waals surface area (Å²) in [4.78, 5) is 4.09. The molecule has 0 aliphatic heterocycles. The zero-order valence-corrected chi connectivity index (χ0v) is 12.0. The molecule has 0 fully saturated rings. The van der Waals surface area contributed by atoms with Gasteiger partial charge in [0.2, 0.25) is 0 Å². The van der Waals surface area contributed by atoms with E-state index in [4.69, 9.17) is 0 Å². The van der Waals surface area contributed by atoms with E-state index >= 15 is 0 Å². The maximum atomic E-state index is 10.4. The molecular formula is C17H21NO. The molecule has 0 bridgehead atoms. The first-order valence-corrected chi connectivity index (χ1v) is 6.58. The van der Waals surface area contributed by atoms with Crippen LogP contribution in [0.4, 0.5) is 0 Å². The van der Waals surface area contributed by atoms with Gasteiger partial charge in [0, 0.05) is 18.0 Å². The van der Waals surface area contributed by atoms with Gasteiger partial charge in [-0.25, -0.2) is 0 Å². The zero-order valence-electron chi connectivity index (χ0n) is 12.0. The second-order valence-electron chi connectivity index (χ2n) is 6.01. The van der Waals surface area contributed by atoms with Crippen LogP contribution in [0, 0.1) is 6.92 Å². The largest absolute Gasteiger partial charge is 0.384 e. The Morgan fingerprint density at radius 2 is 1.68 bits per heavy atom. The van der Waals surface area contributed by atoms with Crippen molar-refractivity contribution in [2.75, 3.05) is 0 Å². The van der Waals surface area contributed by atoms with E-state index in [2.05, 4.69) is 37.9 Å². The summed E-state index contributed by atoms with van der Waals surface area (Å²) in [6.07, 6.45) is 2.87. The predicted molar refractivity (Wildman–Crippen MR) is 78.2 cm³/mol. The number of hydrogen-bond acceptors (Lipinski definition) is 2. The molecule has 100 valence electrons. The summed E-state index contributed by atoms with van der Waals surface area (Å²) in [5.74, 6) is 0. The summed E-state index contributed by atoms with van der Waals surface area (Å²) in [6, 6.07) is 10.1. The Bertz CT molecular complexity index is 552. The average molecular weight is 255 g/mol. The van der Waals surface area contributed by atoms with Crippen LogP contribution in [-0.2, 0) is 5.41 Å². The van der Waals surface area contributed by atoms with Crippen molar-refractivity contribution in [1.29, 1.82) is 0 Å². The van der Waals surface area contributed by atoms with Crippen molar-refractivity contribution in [1.82, 2.24) is 4.98 Å². The fourth-order valence-corrected chi connectivity index (χ4v) is 2.11. The molecule has 0 saturated heterocycles. The molecule has 1 N–H and O–H groups in total. The number of aliphatic hydroxyl groups is 1. The highest BCUT2D eigenvalue weighted by Gasteiger charge is 2.16. The van der Waals surface area contributed by atoms with Crippen LogP contribution in [0.1, 0.15) is 49.1 Å². The van der Waals surface area contributed by atoms with Crippen molar-refractivity contribution in [3.63, 3.8) is 0 Å². The fraction of sp³-hybridized carbons (Fsp3) is 0.353. The SMILES string of the molecule is Cc1ccncc1C(O)c1ccc(C(C)(C)C)cc1. The molecule has 2 rings (SSSR count). The van der Waals surface area contributed by atoms with Crippen LogP contribution in [0.5, 0.6) is 0 Å². The van der Waals surface area contributed by atoms with Crippen molar-refractivity contribution in [2.24, 2.45) is 0 Å². The lowest BCUT2D eigenvalue weighted by atomic mass is 9.86. The number of benzene rings is 1. The van der Waals surface area contributed by atoms with E-state index in [1.807, 2.05) is 25.1 Å². The normalized spacial score (nSPS) is 13.3. The lowest BCUT2D eigenvalue weighted by Crippen LogP contribution is -2.11. The minimum absolute atomic E-state index is 0.133. The van der Waals surface area contributed by atoms with Crippen LogP contribution in [0.15, 0.2) is 42.7 Å². The van der Waals surface area contributed by atoms with Crippen molar-refractivity contribution >= 4 is 0 Å². The van der Waals surface area contributed by atoms with Crippen LogP contribution >= 0.6 is 0 Å². The molecule has 0 amide bonds. The lowest BCUT2D eigenvalue weighted by Gasteiger charge is -2.20. The highest BCUT2D eigenvalue weighted by Crippen LogP contribution is 2.27. The van der Waals surface area contributed by atoms with Gasteiger partial charge in [0.25, 0.3) is 0 Å². The van der Waals surface area contributed by atoms with Gasteiger partial charge >= 0.3 is 0 Å². The van der Waals surface area contributed by atoms with Crippen LogP contribution < -0.4 is 0 Å². The first-order chi connectivity index (χ1) is 8.89. The van der Waals surface area contributed by atoms with Crippen molar-refractivity contribution in [2.45, 2.75) is 39.2 Å². The second-order valence-corrected chi connectivity index (χ2v) is 6.01. The average Bonchev–Trinajstić information content (AvgIpc) is 2.38. The number of pyridine rings is 1. The smallest absolute Gasteiger partial charge is 0.106 e. The Hall–Kier alpha value is -1.67. The van der Waals surface area contributed by atoms with E-state index in [1.54, 1.807) is 12.4 Å². The van der Waals surface area contributed by atoms with Crippen LogP contribution in [0.2, 0.25) is 0 Å². The van der Waals surface area contributed by atoms with Crippen LogP contribution in [0.25, 0.3) is 0 Å². The van der Waals surface area contributed by atoms with Crippen LogP contribution in [-0.4, -0.2) is 10.1 Å². The fourth-order valence-electron chi connectivity index (χ4n) is 2.11. The number of aryl methyl sites for hydroxylation is 1. The molecule has 2 nitrogen and oxygen atoms in total. The molecule has 0 saturated carbocycles. The molecule has 0 spiro atoms. The Kier molecular flexibility index (Phi) is 3.72. The molecule has 1 heterocycles. The summed E-state index contributed by atoms with van der Waals surface area (Å²) < 4.78 is 0. The van der Waals surface area contributed by atoms with Gasteiger partial charge in [0.15, 0.2) is 0 Å². The molecule has 0 radical (unpaired) electrons. The molecule has 2 aromatic rings. The van der Waals surface area contributed by atoms with Gasteiger partial charge in [0.1, 0.15) is 6.10 Å². The molecule has 1 unspecified atom stereocenters. The van der Waals surface area contributed by atoms with Gasteiger partial charge in [-0.2, -0.15) is 0 Å². The highest BCUT2D eigenvalue weighted by molar-refractivity contribution is 5.35. The quantitative estimate of drug-likeness (QED) is 0.886. The van der Waals surface area contributed by atoms with Gasteiger partial charge in [-0.1, -0.05) is 45.0 Å². The minimum Gasteiger partial charge on any atom is -0.384 e. The Morgan fingerprint density at radius 1 is 1.05 bits per heavy atom. The predicted octanol–water partition coefficient (Wildman–Crippen LogP) is 3.77. The zero-order chi connectivity index (χ0) is 14.0. The summed E-state index contributed by atoms with van der Waals surface area (Å²) in [6.45, 7) is 8.54. The van der Waals surface area contributed by atoms with E-state index in [0.717, 1.165) is 16.7 Å². The molecule has 19 heavy (non-hydrogen) atoms. The maximum Gasteiger partial charge on any atom is 0.106 e. The van der Waals surface area contributed by atoms with Crippen molar-refractivity contribution in [3.8, 4) is 0 Å². The standard InChI is InChI=1S/C17H21NO/c1-12-9-10-18-11-15(12)16(19)13-5-7-14(8-6-13)17(2,3)4/h5-11,16,19H,1-4H3. The molecule has 0 aliphatic carbocycles. The van der Waals surface area contributed by atoms with E-state index in [9.17, 15) is 5.11 Å². The number of nitrogens with zero attached hydrogens (tertiary/aromatic N) is 1. The Labute approximate surface area is 115 Å². The molecule has 1 aromatic carbocycles.